The van der Waals surface area contributed by atoms with E-state index in [2.05, 4.69) is 0 Å². The van der Waals surface area contributed by atoms with Gasteiger partial charge in [0.25, 0.3) is 0 Å². The zero-order valence-electron chi connectivity index (χ0n) is 12.1. The summed E-state index contributed by atoms with van der Waals surface area (Å²) in [6.07, 6.45) is -0.0131. The van der Waals surface area contributed by atoms with Crippen molar-refractivity contribution < 1.29 is 19.1 Å². The van der Waals surface area contributed by atoms with E-state index in [1.807, 2.05) is 0 Å². The molecule has 21 heavy (non-hydrogen) atoms. The molecule has 0 aliphatic carbocycles. The quantitative estimate of drug-likeness (QED) is 0.830. The number of likely N-dealkylation sites (N-methyl/N-ethyl adjacent to an activating group) is 2. The van der Waals surface area contributed by atoms with Crippen molar-refractivity contribution >= 4 is 24.3 Å². The molecular weight excluding hydrogens is 299 g/mol. The maximum atomic E-state index is 13.5. The van der Waals surface area contributed by atoms with E-state index in [9.17, 15) is 14.0 Å². The predicted molar refractivity (Wildman–Crippen MR) is 79.9 cm³/mol. The van der Waals surface area contributed by atoms with E-state index in [-0.39, 0.29) is 43.6 Å². The van der Waals surface area contributed by atoms with Gasteiger partial charge in [0.15, 0.2) is 0 Å². The van der Waals surface area contributed by atoms with Crippen LogP contribution < -0.4 is 0 Å². The zero-order chi connectivity index (χ0) is 15.1. The lowest BCUT2D eigenvalue weighted by Gasteiger charge is -2.21. The van der Waals surface area contributed by atoms with Crippen LogP contribution in [-0.2, 0) is 16.1 Å². The van der Waals surface area contributed by atoms with Crippen molar-refractivity contribution in [2.24, 2.45) is 0 Å². The number of carboxylic acids is 1. The number of carboxylic acid groups (broad SMARTS) is 1. The topological polar surface area (TPSA) is 60.9 Å². The Morgan fingerprint density at radius 1 is 1.24 bits per heavy atom. The monoisotopic (exact) mass is 318 g/mol. The molecular formula is C14H20ClFN2O3. The third-order valence-electron chi connectivity index (χ3n) is 2.90. The number of carbonyl (C=O) groups is 2. The van der Waals surface area contributed by atoms with Gasteiger partial charge in [-0.1, -0.05) is 18.2 Å². The summed E-state index contributed by atoms with van der Waals surface area (Å²) in [6, 6.07) is 6.30. The first-order chi connectivity index (χ1) is 9.40. The minimum absolute atomic E-state index is 0. The van der Waals surface area contributed by atoms with Gasteiger partial charge in [-0.15, -0.1) is 12.4 Å². The number of amides is 1. The molecule has 118 valence electrons. The molecule has 0 aliphatic heterocycles. The fraction of sp³-hybridized carbons (Fsp3) is 0.429. The lowest BCUT2D eigenvalue weighted by Crippen LogP contribution is -2.37. The van der Waals surface area contributed by atoms with Crippen LogP contribution in [0.25, 0.3) is 0 Å². The van der Waals surface area contributed by atoms with E-state index in [1.54, 1.807) is 37.2 Å². The normalized spacial score (nSPS) is 10.1. The molecule has 1 rings (SSSR count). The van der Waals surface area contributed by atoms with Crippen LogP contribution in [0.1, 0.15) is 12.0 Å². The smallest absolute Gasteiger partial charge is 0.304 e. The molecule has 0 radical (unpaired) electrons. The van der Waals surface area contributed by atoms with Crippen LogP contribution >= 0.6 is 12.4 Å². The van der Waals surface area contributed by atoms with E-state index in [1.165, 1.54) is 11.0 Å². The number of nitrogens with zero attached hydrogens (tertiary/aromatic N) is 2. The molecule has 0 fully saturated rings. The van der Waals surface area contributed by atoms with Crippen molar-refractivity contribution in [3.05, 3.63) is 35.6 Å². The molecule has 0 spiro atoms. The molecule has 0 heterocycles. The summed E-state index contributed by atoms with van der Waals surface area (Å²) in [5.41, 5.74) is 0.455. The van der Waals surface area contributed by atoms with Crippen LogP contribution in [-0.4, -0.2) is 54.0 Å². The van der Waals surface area contributed by atoms with E-state index in [4.69, 9.17) is 5.11 Å². The summed E-state index contributed by atoms with van der Waals surface area (Å²) in [7, 11) is 3.28. The van der Waals surface area contributed by atoms with Crippen LogP contribution in [0.15, 0.2) is 24.3 Å². The molecule has 0 saturated heterocycles. The van der Waals surface area contributed by atoms with Crippen molar-refractivity contribution in [2.75, 3.05) is 27.2 Å². The molecule has 0 aromatic heterocycles. The average Bonchev–Trinajstić information content (AvgIpc) is 2.39. The number of halogens is 2. The van der Waals surface area contributed by atoms with Crippen molar-refractivity contribution in [1.29, 1.82) is 0 Å². The Balaban J connectivity index is 0.00000400. The van der Waals surface area contributed by atoms with Gasteiger partial charge in [-0.2, -0.15) is 0 Å². The number of carbonyl (C=O) groups excluding carboxylic acids is 1. The Bertz CT molecular complexity index is 485. The summed E-state index contributed by atoms with van der Waals surface area (Å²) >= 11 is 0. The van der Waals surface area contributed by atoms with Crippen LogP contribution in [0.2, 0.25) is 0 Å². The van der Waals surface area contributed by atoms with Crippen molar-refractivity contribution in [3.8, 4) is 0 Å². The van der Waals surface area contributed by atoms with Gasteiger partial charge in [-0.3, -0.25) is 14.5 Å². The first-order valence-electron chi connectivity index (χ1n) is 6.28. The highest BCUT2D eigenvalue weighted by molar-refractivity contribution is 5.85. The molecule has 1 amide bonds. The maximum Gasteiger partial charge on any atom is 0.304 e. The molecule has 0 atom stereocenters. The Labute approximate surface area is 129 Å². The second-order valence-corrected chi connectivity index (χ2v) is 4.72. The van der Waals surface area contributed by atoms with Crippen molar-refractivity contribution in [2.45, 2.75) is 13.0 Å². The second-order valence-electron chi connectivity index (χ2n) is 4.72. The molecule has 0 aliphatic rings. The van der Waals surface area contributed by atoms with E-state index in [0.717, 1.165) is 0 Å². The maximum absolute atomic E-state index is 13.5. The summed E-state index contributed by atoms with van der Waals surface area (Å²) in [5.74, 6) is -1.42. The number of hydrogen-bond donors (Lipinski definition) is 1. The number of hydrogen-bond acceptors (Lipinski definition) is 3. The van der Waals surface area contributed by atoms with Gasteiger partial charge in [0.05, 0.1) is 13.0 Å². The van der Waals surface area contributed by atoms with Crippen LogP contribution in [0, 0.1) is 5.82 Å². The first-order valence-corrected chi connectivity index (χ1v) is 6.28. The minimum Gasteiger partial charge on any atom is -0.481 e. The summed E-state index contributed by atoms with van der Waals surface area (Å²) in [4.78, 5) is 25.4. The zero-order valence-corrected chi connectivity index (χ0v) is 12.9. The van der Waals surface area contributed by atoms with Gasteiger partial charge in [-0.05, 0) is 13.1 Å². The highest BCUT2D eigenvalue weighted by Gasteiger charge is 2.14. The minimum atomic E-state index is -0.899. The third kappa shape index (κ3) is 7.06. The summed E-state index contributed by atoms with van der Waals surface area (Å²) < 4.78 is 13.5. The van der Waals surface area contributed by atoms with Gasteiger partial charge in [0.1, 0.15) is 5.82 Å². The Hall–Kier alpha value is -1.66. The summed E-state index contributed by atoms with van der Waals surface area (Å²) in [6.45, 7) is 0.602. The predicted octanol–water partition coefficient (Wildman–Crippen LogP) is 1.61. The van der Waals surface area contributed by atoms with E-state index < -0.39 is 5.97 Å². The molecule has 0 unspecified atom stereocenters. The second kappa shape index (κ2) is 9.31. The standard InChI is InChI=1S/C14H19FN2O3.ClH/c1-16(8-7-14(19)20)10-13(18)17(2)9-11-5-3-4-6-12(11)15;/h3-6H,7-10H2,1-2H3,(H,19,20);1H. The molecule has 1 aromatic carbocycles. The van der Waals surface area contributed by atoms with Gasteiger partial charge in [0, 0.05) is 25.7 Å². The molecule has 5 nitrogen and oxygen atoms in total. The van der Waals surface area contributed by atoms with Gasteiger partial charge >= 0.3 is 5.97 Å². The fourth-order valence-corrected chi connectivity index (χ4v) is 1.69. The lowest BCUT2D eigenvalue weighted by atomic mass is 10.2. The van der Waals surface area contributed by atoms with Gasteiger partial charge < -0.3 is 10.0 Å². The van der Waals surface area contributed by atoms with E-state index in [0.29, 0.717) is 12.1 Å². The fourth-order valence-electron chi connectivity index (χ4n) is 1.69. The van der Waals surface area contributed by atoms with Crippen LogP contribution in [0.4, 0.5) is 4.39 Å². The van der Waals surface area contributed by atoms with Crippen LogP contribution in [0.3, 0.4) is 0 Å². The van der Waals surface area contributed by atoms with Crippen molar-refractivity contribution in [3.63, 3.8) is 0 Å². The first kappa shape index (κ1) is 19.3. The molecule has 1 aromatic rings. The molecule has 0 saturated carbocycles. The van der Waals surface area contributed by atoms with E-state index >= 15 is 0 Å². The Kier molecular flexibility index (Phi) is 8.57. The largest absolute Gasteiger partial charge is 0.481 e. The Morgan fingerprint density at radius 3 is 2.43 bits per heavy atom. The number of rotatable bonds is 7. The molecule has 7 heteroatoms. The number of benzene rings is 1. The summed E-state index contributed by atoms with van der Waals surface area (Å²) in [5, 5.41) is 8.57. The third-order valence-corrected chi connectivity index (χ3v) is 2.90. The lowest BCUT2D eigenvalue weighted by molar-refractivity contribution is -0.138. The highest BCUT2D eigenvalue weighted by Crippen LogP contribution is 2.09. The highest BCUT2D eigenvalue weighted by atomic mass is 35.5. The van der Waals surface area contributed by atoms with Crippen molar-refractivity contribution in [1.82, 2.24) is 9.80 Å². The van der Waals surface area contributed by atoms with Crippen LogP contribution in [0.5, 0.6) is 0 Å². The Morgan fingerprint density at radius 2 is 1.86 bits per heavy atom. The number of aliphatic carboxylic acids is 1. The molecule has 1 N–H and O–H groups in total. The van der Waals surface area contributed by atoms with Gasteiger partial charge in [0.2, 0.25) is 5.91 Å². The SMILES string of the molecule is CN(CCC(=O)O)CC(=O)N(C)Cc1ccccc1F.Cl. The molecule has 0 bridgehead atoms. The van der Waals surface area contributed by atoms with Gasteiger partial charge in [-0.25, -0.2) is 4.39 Å². The average molecular weight is 319 g/mol.